The Labute approximate surface area is 338 Å². The summed E-state index contributed by atoms with van der Waals surface area (Å²) in [7, 11) is 1.50. The molecule has 0 fully saturated rings. The summed E-state index contributed by atoms with van der Waals surface area (Å²) < 4.78 is 25.6. The molecule has 326 valence electrons. The molecule has 0 radical (unpaired) electrons. The Bertz CT molecular complexity index is 961. The maximum Gasteiger partial charge on any atom is 0.469 e. The molecule has 0 unspecified atom stereocenters. The maximum absolute atomic E-state index is 12.1. The van der Waals surface area contributed by atoms with E-state index in [4.69, 9.17) is 19.3 Å². The monoisotopic (exact) mass is 805 g/mol. The van der Waals surface area contributed by atoms with Gasteiger partial charge in [-0.05, 0) is 64.2 Å². The molecular formula is C44H87NO9P+. The molecule has 0 spiro atoms. The molecule has 10 nitrogen and oxygen atoms in total. The molecule has 3 N–H and O–H groups in total. The van der Waals surface area contributed by atoms with Crippen LogP contribution in [0.25, 0.3) is 0 Å². The Hall–Kier alpha value is -1.55. The number of carbonyl (C=O) groups excluding carboxylic acids is 2. The first-order valence-electron chi connectivity index (χ1n) is 22.1. The quantitative estimate of drug-likeness (QED) is 0.0183. The average molecular weight is 805 g/mol. The molecule has 0 aromatic heterocycles. The molecule has 0 aliphatic rings. The number of aliphatic hydroxyl groups excluding tert-OH is 1. The zero-order valence-corrected chi connectivity index (χ0v) is 37.1. The van der Waals surface area contributed by atoms with Gasteiger partial charge in [-0.15, -0.1) is 0 Å². The van der Waals surface area contributed by atoms with Crippen LogP contribution in [0.15, 0.2) is 24.3 Å². The normalized spacial score (nSPS) is 12.6. The van der Waals surface area contributed by atoms with Gasteiger partial charge in [-0.1, -0.05) is 141 Å². The summed E-state index contributed by atoms with van der Waals surface area (Å²) in [5.74, 6) is -0.607. The summed E-state index contributed by atoms with van der Waals surface area (Å²) in [5, 5.41) is 9.53. The molecule has 0 aromatic rings. The summed E-state index contributed by atoms with van der Waals surface area (Å²) in [5.41, 5.74) is 0. The fourth-order valence-electron chi connectivity index (χ4n) is 5.74. The Kier molecular flexibility index (Phi) is 41.0. The number of allylic oxidation sites excluding steroid dienone is 4. The van der Waals surface area contributed by atoms with Crippen LogP contribution in [0, 0.1) is 0 Å². The smallest absolute Gasteiger partial charge is 0.462 e. The van der Waals surface area contributed by atoms with Gasteiger partial charge in [0.15, 0.2) is 6.10 Å². The highest BCUT2D eigenvalue weighted by Gasteiger charge is 2.17. The first-order chi connectivity index (χ1) is 26.3. The van der Waals surface area contributed by atoms with Crippen LogP contribution < -0.4 is 0 Å². The lowest BCUT2D eigenvalue weighted by molar-refractivity contribution is -0.870. The molecule has 0 rings (SSSR count). The molecule has 0 aliphatic heterocycles. The largest absolute Gasteiger partial charge is 0.469 e. The fourth-order valence-corrected chi connectivity index (χ4v) is 6.06. The van der Waals surface area contributed by atoms with Crippen LogP contribution in [-0.4, -0.2) is 84.9 Å². The van der Waals surface area contributed by atoms with Crippen molar-refractivity contribution < 1.29 is 47.5 Å². The SMILES string of the molecule is CCCCCCCC/C=C\CCCCCCCC(=O)OC[C@H](CO)OC(=O)CCCCCCC/C=C\CCCCCCCC.C[N+](C)(C)CCOP(=O)(O)O. The minimum Gasteiger partial charge on any atom is -0.462 e. The number of nitrogens with zero attached hydrogens (tertiary/aromatic N) is 1. The molecule has 1 atom stereocenters. The number of phosphoric ester groups is 1. The van der Waals surface area contributed by atoms with Gasteiger partial charge in [0.1, 0.15) is 19.8 Å². The van der Waals surface area contributed by atoms with E-state index in [0.29, 0.717) is 23.9 Å². The van der Waals surface area contributed by atoms with E-state index in [9.17, 15) is 19.3 Å². The number of quaternary nitrogens is 1. The van der Waals surface area contributed by atoms with Crippen molar-refractivity contribution in [2.24, 2.45) is 0 Å². The van der Waals surface area contributed by atoms with E-state index in [1.807, 2.05) is 21.1 Å². The van der Waals surface area contributed by atoms with Crippen molar-refractivity contribution in [2.45, 2.75) is 200 Å². The van der Waals surface area contributed by atoms with Gasteiger partial charge < -0.3 is 28.9 Å². The molecular weight excluding hydrogens is 717 g/mol. The molecule has 0 heterocycles. The van der Waals surface area contributed by atoms with Gasteiger partial charge in [-0.3, -0.25) is 14.1 Å². The van der Waals surface area contributed by atoms with Crippen LogP contribution in [0.2, 0.25) is 0 Å². The third-order valence-corrected chi connectivity index (χ3v) is 9.76. The zero-order valence-electron chi connectivity index (χ0n) is 36.2. The van der Waals surface area contributed by atoms with Crippen molar-refractivity contribution in [3.63, 3.8) is 0 Å². The highest BCUT2D eigenvalue weighted by Crippen LogP contribution is 2.35. The van der Waals surface area contributed by atoms with E-state index in [0.717, 1.165) is 51.4 Å². The van der Waals surface area contributed by atoms with Crippen molar-refractivity contribution in [1.82, 2.24) is 0 Å². The fraction of sp³-hybridized carbons (Fsp3) is 0.864. The van der Waals surface area contributed by atoms with Gasteiger partial charge in [0.25, 0.3) is 0 Å². The van der Waals surface area contributed by atoms with Crippen LogP contribution in [-0.2, 0) is 28.2 Å². The van der Waals surface area contributed by atoms with Gasteiger partial charge in [0.05, 0.1) is 27.7 Å². The summed E-state index contributed by atoms with van der Waals surface area (Å²) in [4.78, 5) is 40.8. The van der Waals surface area contributed by atoms with Crippen LogP contribution in [0.4, 0.5) is 0 Å². The summed E-state index contributed by atoms with van der Waals surface area (Å²) >= 11 is 0. The van der Waals surface area contributed by atoms with Gasteiger partial charge >= 0.3 is 19.8 Å². The van der Waals surface area contributed by atoms with Crippen molar-refractivity contribution in [1.29, 1.82) is 0 Å². The minimum atomic E-state index is -4.26. The highest BCUT2D eigenvalue weighted by atomic mass is 31.2. The second-order valence-electron chi connectivity index (χ2n) is 16.0. The van der Waals surface area contributed by atoms with E-state index in [-0.39, 0.29) is 31.8 Å². The van der Waals surface area contributed by atoms with Crippen LogP contribution in [0.3, 0.4) is 0 Å². The summed E-state index contributed by atoms with van der Waals surface area (Å²) in [6.45, 7) is 4.76. The van der Waals surface area contributed by atoms with Crippen LogP contribution in [0.1, 0.15) is 194 Å². The summed E-state index contributed by atoms with van der Waals surface area (Å²) in [6, 6.07) is 0. The van der Waals surface area contributed by atoms with Gasteiger partial charge in [-0.25, -0.2) is 4.57 Å². The van der Waals surface area contributed by atoms with Crippen molar-refractivity contribution >= 4 is 19.8 Å². The minimum absolute atomic E-state index is 0.0709. The number of aliphatic hydroxyl groups is 1. The molecule has 11 heteroatoms. The Morgan fingerprint density at radius 2 is 0.945 bits per heavy atom. The first kappa shape index (κ1) is 55.5. The number of hydrogen-bond acceptors (Lipinski definition) is 7. The molecule has 0 amide bonds. The number of esters is 2. The molecule has 55 heavy (non-hydrogen) atoms. The first-order valence-corrected chi connectivity index (χ1v) is 23.6. The molecule has 0 aliphatic carbocycles. The second-order valence-corrected chi connectivity index (χ2v) is 17.2. The molecule has 0 saturated heterocycles. The Morgan fingerprint density at radius 1 is 0.582 bits per heavy atom. The number of ether oxygens (including phenoxy) is 2. The van der Waals surface area contributed by atoms with Crippen LogP contribution in [0.5, 0.6) is 0 Å². The number of rotatable bonds is 38. The van der Waals surface area contributed by atoms with E-state index < -0.39 is 13.9 Å². The van der Waals surface area contributed by atoms with Crippen molar-refractivity contribution in [3.8, 4) is 0 Å². The number of hydrogen-bond donors (Lipinski definition) is 3. The summed E-state index contributed by atoms with van der Waals surface area (Å²) in [6.07, 6.45) is 40.9. The predicted octanol–water partition coefficient (Wildman–Crippen LogP) is 11.3. The lowest BCUT2D eigenvalue weighted by atomic mass is 10.1. The van der Waals surface area contributed by atoms with Crippen LogP contribution >= 0.6 is 7.82 Å². The average Bonchev–Trinajstić information content (AvgIpc) is 3.12. The van der Waals surface area contributed by atoms with Crippen molar-refractivity contribution in [2.75, 3.05) is 47.5 Å². The lowest BCUT2D eigenvalue weighted by Crippen LogP contribution is -2.37. The molecule has 0 aromatic carbocycles. The van der Waals surface area contributed by atoms with Crippen molar-refractivity contribution in [3.05, 3.63) is 24.3 Å². The van der Waals surface area contributed by atoms with E-state index in [2.05, 4.69) is 42.7 Å². The van der Waals surface area contributed by atoms with Gasteiger partial charge in [0.2, 0.25) is 0 Å². The van der Waals surface area contributed by atoms with E-state index >= 15 is 0 Å². The second kappa shape index (κ2) is 40.6. The van der Waals surface area contributed by atoms with E-state index in [1.165, 1.54) is 116 Å². The van der Waals surface area contributed by atoms with Gasteiger partial charge in [0, 0.05) is 12.8 Å². The Morgan fingerprint density at radius 3 is 1.31 bits per heavy atom. The maximum atomic E-state index is 12.1. The topological polar surface area (TPSA) is 140 Å². The van der Waals surface area contributed by atoms with Gasteiger partial charge in [-0.2, -0.15) is 0 Å². The number of phosphoric acid groups is 1. The van der Waals surface area contributed by atoms with E-state index in [1.54, 1.807) is 0 Å². The third-order valence-electron chi connectivity index (χ3n) is 9.24. The number of carbonyl (C=O) groups is 2. The highest BCUT2D eigenvalue weighted by molar-refractivity contribution is 7.46. The Balaban J connectivity index is 0. The predicted molar refractivity (Wildman–Crippen MR) is 228 cm³/mol. The number of unbranched alkanes of at least 4 members (excludes halogenated alkanes) is 22. The zero-order chi connectivity index (χ0) is 41.3. The molecule has 0 bridgehead atoms. The third kappa shape index (κ3) is 50.4. The lowest BCUT2D eigenvalue weighted by Gasteiger charge is -2.23. The standard InChI is InChI=1S/C39H72O5.C5H14NO4P/c1-3-5-7-9-11-13-15-17-19-21-23-25-27-29-31-33-38(41)43-36-37(35-40)44-39(42)34-32-30-28-26-24-22-20-18-16-14-12-10-8-6-4-2;1-6(2,3)4-5-10-11(7,8)9/h17-20,37,40H,3-16,21-36H2,1-2H3;4-5H2,1-3H3,(H-,7,8,9)/p+1/b19-17-,20-18-;/t37-;/m0./s1. The number of likely N-dealkylation sites (N-methyl/N-ethyl adjacent to an activating group) is 1. The molecule has 0 saturated carbocycles.